The molecule has 9 nitrogen and oxygen atoms in total. The van der Waals surface area contributed by atoms with Crippen molar-refractivity contribution >= 4 is 19.8 Å². The lowest BCUT2D eigenvalue weighted by molar-refractivity contribution is -0.870. The zero-order valence-corrected chi connectivity index (χ0v) is 43.0. The maximum atomic E-state index is 12.8. The van der Waals surface area contributed by atoms with Crippen LogP contribution >= 0.6 is 7.82 Å². The molecule has 0 aliphatic heterocycles. The fourth-order valence-electron chi connectivity index (χ4n) is 6.13. The maximum Gasteiger partial charge on any atom is 0.472 e. The Hall–Kier alpha value is -3.59. The van der Waals surface area contributed by atoms with Gasteiger partial charge in [-0.1, -0.05) is 180 Å². The lowest BCUT2D eigenvalue weighted by atomic mass is 10.1. The Morgan fingerprint density at radius 2 is 0.833 bits per heavy atom. The summed E-state index contributed by atoms with van der Waals surface area (Å²) < 4.78 is 34.4. The third kappa shape index (κ3) is 49.8. The Morgan fingerprint density at radius 3 is 1.26 bits per heavy atom. The number of unbranched alkanes of at least 4 members (excludes halogenated alkanes) is 10. The number of carbonyl (C=O) groups excluding carboxylic acids is 2. The van der Waals surface area contributed by atoms with E-state index in [1.54, 1.807) is 0 Å². The number of quaternary nitrogens is 1. The van der Waals surface area contributed by atoms with E-state index in [1.165, 1.54) is 32.1 Å². The third-order valence-electron chi connectivity index (χ3n) is 9.99. The minimum atomic E-state index is -4.40. The van der Waals surface area contributed by atoms with E-state index in [-0.39, 0.29) is 26.1 Å². The van der Waals surface area contributed by atoms with Crippen LogP contribution in [0.3, 0.4) is 0 Å². The molecule has 0 amide bonds. The highest BCUT2D eigenvalue weighted by Crippen LogP contribution is 2.43. The maximum absolute atomic E-state index is 12.8. The van der Waals surface area contributed by atoms with Crippen LogP contribution < -0.4 is 0 Å². The molecular formula is C56H93NO8P+. The van der Waals surface area contributed by atoms with Crippen LogP contribution in [0.15, 0.2) is 122 Å². The van der Waals surface area contributed by atoms with E-state index in [9.17, 15) is 19.0 Å². The fraction of sp³-hybridized carbons (Fsp3) is 0.607. The molecule has 0 aromatic rings. The Morgan fingerprint density at radius 1 is 0.470 bits per heavy atom. The van der Waals surface area contributed by atoms with Gasteiger partial charge in [-0.05, 0) is 96.3 Å². The molecule has 0 saturated carbocycles. The normalized spacial score (nSPS) is 14.5. The highest BCUT2D eigenvalue weighted by molar-refractivity contribution is 7.47. The van der Waals surface area contributed by atoms with Gasteiger partial charge in [-0.25, -0.2) is 4.57 Å². The van der Waals surface area contributed by atoms with Gasteiger partial charge in [0.25, 0.3) is 0 Å². The topological polar surface area (TPSA) is 108 Å². The van der Waals surface area contributed by atoms with Crippen LogP contribution in [0.2, 0.25) is 0 Å². The van der Waals surface area contributed by atoms with Crippen molar-refractivity contribution in [2.75, 3.05) is 47.5 Å². The summed E-state index contributed by atoms with van der Waals surface area (Å²) in [6.45, 7) is 4.10. The largest absolute Gasteiger partial charge is 0.472 e. The molecule has 0 spiro atoms. The van der Waals surface area contributed by atoms with E-state index < -0.39 is 32.5 Å². The first-order valence-electron chi connectivity index (χ1n) is 25.3. The van der Waals surface area contributed by atoms with Crippen molar-refractivity contribution in [3.63, 3.8) is 0 Å². The Balaban J connectivity index is 4.36. The van der Waals surface area contributed by atoms with Gasteiger partial charge in [-0.3, -0.25) is 18.6 Å². The number of esters is 2. The molecular weight excluding hydrogens is 846 g/mol. The summed E-state index contributed by atoms with van der Waals surface area (Å²) >= 11 is 0. The lowest BCUT2D eigenvalue weighted by Crippen LogP contribution is -2.37. The molecule has 0 aromatic carbocycles. The van der Waals surface area contributed by atoms with Crippen LogP contribution in [0.1, 0.15) is 168 Å². The second-order valence-electron chi connectivity index (χ2n) is 17.4. The number of nitrogens with zero attached hydrogens (tertiary/aromatic N) is 1. The average Bonchev–Trinajstić information content (AvgIpc) is 3.27. The van der Waals surface area contributed by atoms with E-state index in [4.69, 9.17) is 18.5 Å². The van der Waals surface area contributed by atoms with Gasteiger partial charge in [-0.15, -0.1) is 0 Å². The molecule has 1 N–H and O–H groups in total. The first-order valence-corrected chi connectivity index (χ1v) is 26.8. The standard InChI is InChI=1S/C56H92NO8P/c1-6-8-10-12-14-16-18-20-22-24-25-26-27-28-29-30-31-33-35-37-39-41-43-45-47-49-56(59)65-54(53-64-66(60,61)63-51-50-57(3,4)5)52-62-55(58)48-46-44-42-40-38-36-34-32-23-21-19-17-15-13-11-9-7-2/h8-11,14-17,20-23,25-26,28-29,34,36,40,42,54H,6-7,12-13,18-19,24,27,30-33,35,37-39,41,43-53H2,1-5H3/p+1/b10-8-,11-9-,16-14-,17-15-,22-20-,23-21-,26-25-,29-28-,36-34-,42-40-. The van der Waals surface area contributed by atoms with Crippen molar-refractivity contribution in [3.05, 3.63) is 122 Å². The number of rotatable bonds is 44. The Labute approximate surface area is 403 Å². The van der Waals surface area contributed by atoms with Gasteiger partial charge in [0.2, 0.25) is 0 Å². The number of allylic oxidation sites excluding steroid dienone is 20. The molecule has 66 heavy (non-hydrogen) atoms. The van der Waals surface area contributed by atoms with Crippen molar-refractivity contribution in [2.24, 2.45) is 0 Å². The highest BCUT2D eigenvalue weighted by atomic mass is 31.2. The number of hydrogen-bond acceptors (Lipinski definition) is 7. The lowest BCUT2D eigenvalue weighted by Gasteiger charge is -2.24. The van der Waals surface area contributed by atoms with E-state index in [1.807, 2.05) is 21.1 Å². The van der Waals surface area contributed by atoms with Crippen molar-refractivity contribution in [2.45, 2.75) is 174 Å². The highest BCUT2D eigenvalue weighted by Gasteiger charge is 2.27. The van der Waals surface area contributed by atoms with Crippen molar-refractivity contribution in [3.8, 4) is 0 Å². The fourth-order valence-corrected chi connectivity index (χ4v) is 6.88. The van der Waals surface area contributed by atoms with Crippen LogP contribution in [0.4, 0.5) is 0 Å². The molecule has 0 aromatic heterocycles. The molecule has 0 bridgehead atoms. The van der Waals surface area contributed by atoms with E-state index >= 15 is 0 Å². The van der Waals surface area contributed by atoms with Gasteiger partial charge in [0.1, 0.15) is 19.8 Å². The van der Waals surface area contributed by atoms with Gasteiger partial charge < -0.3 is 18.9 Å². The van der Waals surface area contributed by atoms with Crippen LogP contribution in [0, 0.1) is 0 Å². The van der Waals surface area contributed by atoms with Crippen molar-refractivity contribution in [1.29, 1.82) is 0 Å². The molecule has 0 rings (SSSR count). The van der Waals surface area contributed by atoms with E-state index in [2.05, 4.69) is 135 Å². The predicted octanol–water partition coefficient (Wildman–Crippen LogP) is 15.2. The minimum Gasteiger partial charge on any atom is -0.462 e. The van der Waals surface area contributed by atoms with E-state index in [0.717, 1.165) is 96.3 Å². The third-order valence-corrected chi connectivity index (χ3v) is 11.0. The Kier molecular flexibility index (Phi) is 44.0. The number of likely N-dealkylation sites (N-methyl/N-ethyl adjacent to an activating group) is 1. The zero-order valence-electron chi connectivity index (χ0n) is 42.1. The summed E-state index contributed by atoms with van der Waals surface area (Å²) in [6, 6.07) is 0. The van der Waals surface area contributed by atoms with E-state index in [0.29, 0.717) is 23.9 Å². The summed E-state index contributed by atoms with van der Waals surface area (Å²) in [5.41, 5.74) is 0. The van der Waals surface area contributed by atoms with Gasteiger partial charge in [0.05, 0.1) is 27.7 Å². The summed E-state index contributed by atoms with van der Waals surface area (Å²) in [7, 11) is 1.42. The van der Waals surface area contributed by atoms with Gasteiger partial charge in [0, 0.05) is 12.8 Å². The average molecular weight is 939 g/mol. The molecule has 374 valence electrons. The molecule has 2 unspecified atom stereocenters. The molecule has 0 saturated heterocycles. The zero-order chi connectivity index (χ0) is 48.5. The molecule has 0 fully saturated rings. The molecule has 0 aliphatic rings. The summed E-state index contributed by atoms with van der Waals surface area (Å²) in [6.07, 6.45) is 65.5. The second-order valence-corrected chi connectivity index (χ2v) is 18.9. The predicted molar refractivity (Wildman–Crippen MR) is 279 cm³/mol. The molecule has 10 heteroatoms. The number of phosphoric ester groups is 1. The van der Waals surface area contributed by atoms with Crippen molar-refractivity contribution < 1.29 is 42.1 Å². The number of hydrogen-bond donors (Lipinski definition) is 1. The smallest absolute Gasteiger partial charge is 0.462 e. The molecule has 0 aliphatic carbocycles. The van der Waals surface area contributed by atoms with Crippen LogP contribution in [-0.2, 0) is 32.7 Å². The van der Waals surface area contributed by atoms with Crippen LogP contribution in [0.5, 0.6) is 0 Å². The quantitative estimate of drug-likeness (QED) is 0.0212. The number of phosphoric acid groups is 1. The first kappa shape index (κ1) is 62.4. The number of ether oxygens (including phenoxy) is 2. The van der Waals surface area contributed by atoms with Gasteiger partial charge in [-0.2, -0.15) is 0 Å². The number of carbonyl (C=O) groups is 2. The van der Waals surface area contributed by atoms with Gasteiger partial charge >= 0.3 is 19.8 Å². The molecule has 0 radical (unpaired) electrons. The summed E-state index contributed by atoms with van der Waals surface area (Å²) in [5.74, 6) is -0.885. The van der Waals surface area contributed by atoms with Crippen LogP contribution in [-0.4, -0.2) is 74.9 Å². The Bertz CT molecular complexity index is 1530. The van der Waals surface area contributed by atoms with Crippen LogP contribution in [0.25, 0.3) is 0 Å². The second kappa shape index (κ2) is 46.5. The minimum absolute atomic E-state index is 0.0143. The summed E-state index contributed by atoms with van der Waals surface area (Å²) in [4.78, 5) is 35.5. The van der Waals surface area contributed by atoms with Gasteiger partial charge in [0.15, 0.2) is 6.10 Å². The van der Waals surface area contributed by atoms with Crippen molar-refractivity contribution in [1.82, 2.24) is 0 Å². The SMILES string of the molecule is CC/C=C\C/C=C\C/C=C\C/C=C\C/C=C\CCCCCCCCCCCC(=O)OC(COC(=O)CCC/C=C\C/C=C\C/C=C\C/C=C\C/C=C\CC)COP(=O)(O)OCC[N+](C)(C)C. The summed E-state index contributed by atoms with van der Waals surface area (Å²) in [5, 5.41) is 0. The monoisotopic (exact) mass is 939 g/mol. The molecule has 0 heterocycles. The molecule has 2 atom stereocenters. The first-order chi connectivity index (χ1) is 32.0.